The topological polar surface area (TPSA) is 45.3 Å². The highest BCUT2D eigenvalue weighted by Crippen LogP contribution is 2.54. The molecule has 0 aromatic rings. The van der Waals surface area contributed by atoms with Crippen LogP contribution in [0.4, 0.5) is 0 Å². The van der Waals surface area contributed by atoms with Crippen LogP contribution in [0.2, 0.25) is 0 Å². The Morgan fingerprint density at radius 1 is 1.17 bits per heavy atom. The van der Waals surface area contributed by atoms with Gasteiger partial charge in [0.2, 0.25) is 0 Å². The third-order valence-corrected chi connectivity index (χ3v) is 5.57. The smallest absolute Gasteiger partial charge is 0.114 e. The number of aliphatic hydroxyl groups is 1. The predicted octanol–water partition coefficient (Wildman–Crippen LogP) is 2.51. The molecule has 2 aliphatic heterocycles. The molecular weight excluding hydrogens is 228 g/mol. The van der Waals surface area contributed by atoms with Gasteiger partial charge in [0, 0.05) is 0 Å². The molecule has 1 aliphatic carbocycles. The molecule has 3 heteroatoms. The Morgan fingerprint density at radius 2 is 1.89 bits per heavy atom. The minimum Gasteiger partial charge on any atom is -0.390 e. The van der Waals surface area contributed by atoms with Crippen LogP contribution in [-0.4, -0.2) is 34.6 Å². The summed E-state index contributed by atoms with van der Waals surface area (Å²) in [5.74, 6) is 0.770. The minimum atomic E-state index is -0.310. The summed E-state index contributed by atoms with van der Waals surface area (Å²) in [6.07, 6.45) is 4.35. The second kappa shape index (κ2) is 3.94. The van der Waals surface area contributed by atoms with Crippen LogP contribution in [0, 0.1) is 11.8 Å². The lowest BCUT2D eigenvalue weighted by molar-refractivity contribution is 0.0788. The number of aliphatic hydroxyl groups excluding tert-OH is 1. The van der Waals surface area contributed by atoms with Gasteiger partial charge in [0.05, 0.1) is 23.4 Å². The molecule has 104 valence electrons. The molecule has 2 saturated heterocycles. The molecule has 3 nitrogen and oxygen atoms in total. The molecule has 0 amide bonds. The first-order valence-corrected chi connectivity index (χ1v) is 7.43. The van der Waals surface area contributed by atoms with E-state index in [2.05, 4.69) is 27.7 Å². The summed E-state index contributed by atoms with van der Waals surface area (Å²) in [6, 6.07) is 0. The standard InChI is InChI=1S/C15H26O3/c1-9(2)15-8-7-14(4)11(17-14)6-5-10(3)12(16)13(15)18-15/h9-13,16H,5-8H2,1-4H3. The van der Waals surface area contributed by atoms with E-state index in [1.165, 1.54) is 0 Å². The van der Waals surface area contributed by atoms with E-state index in [1.54, 1.807) is 0 Å². The third-order valence-electron chi connectivity index (χ3n) is 5.57. The average molecular weight is 254 g/mol. The second-order valence-electron chi connectivity index (χ2n) is 7.11. The van der Waals surface area contributed by atoms with Crippen molar-refractivity contribution < 1.29 is 14.6 Å². The molecule has 0 aromatic heterocycles. The zero-order chi connectivity index (χ0) is 13.1. The lowest BCUT2D eigenvalue weighted by atomic mass is 9.79. The zero-order valence-electron chi connectivity index (χ0n) is 12.0. The summed E-state index contributed by atoms with van der Waals surface area (Å²) < 4.78 is 11.9. The number of fused-ring (bicyclic) bond motifs is 2. The van der Waals surface area contributed by atoms with Crippen molar-refractivity contribution in [3.63, 3.8) is 0 Å². The van der Waals surface area contributed by atoms with Crippen LogP contribution < -0.4 is 0 Å². The molecule has 0 spiro atoms. The van der Waals surface area contributed by atoms with E-state index < -0.39 is 0 Å². The quantitative estimate of drug-likeness (QED) is 0.731. The fourth-order valence-electron chi connectivity index (χ4n) is 3.72. The van der Waals surface area contributed by atoms with Crippen LogP contribution in [-0.2, 0) is 9.47 Å². The molecule has 0 bridgehead atoms. The van der Waals surface area contributed by atoms with Crippen molar-refractivity contribution in [1.29, 1.82) is 0 Å². The van der Waals surface area contributed by atoms with Gasteiger partial charge in [0.15, 0.2) is 0 Å². The number of hydrogen-bond acceptors (Lipinski definition) is 3. The van der Waals surface area contributed by atoms with Gasteiger partial charge in [0.1, 0.15) is 6.10 Å². The van der Waals surface area contributed by atoms with Crippen molar-refractivity contribution in [1.82, 2.24) is 0 Å². The van der Waals surface area contributed by atoms with Gasteiger partial charge in [-0.3, -0.25) is 0 Å². The first kappa shape index (κ1) is 12.9. The van der Waals surface area contributed by atoms with E-state index in [1.807, 2.05) is 0 Å². The maximum absolute atomic E-state index is 10.4. The summed E-state index contributed by atoms with van der Waals surface area (Å²) in [4.78, 5) is 0. The van der Waals surface area contributed by atoms with Gasteiger partial charge < -0.3 is 14.6 Å². The molecule has 3 rings (SSSR count). The minimum absolute atomic E-state index is 0.0476. The lowest BCUT2D eigenvalue weighted by Gasteiger charge is -2.24. The van der Waals surface area contributed by atoms with E-state index in [9.17, 15) is 5.11 Å². The molecule has 0 radical (unpaired) electrons. The number of rotatable bonds is 1. The van der Waals surface area contributed by atoms with Crippen LogP contribution in [0.15, 0.2) is 0 Å². The molecule has 3 fully saturated rings. The van der Waals surface area contributed by atoms with Crippen LogP contribution in [0.3, 0.4) is 0 Å². The summed E-state index contributed by atoms with van der Waals surface area (Å²) >= 11 is 0. The van der Waals surface area contributed by atoms with Crippen molar-refractivity contribution in [3.05, 3.63) is 0 Å². The van der Waals surface area contributed by atoms with Crippen molar-refractivity contribution in [2.24, 2.45) is 11.8 Å². The van der Waals surface area contributed by atoms with E-state index in [4.69, 9.17) is 9.47 Å². The second-order valence-corrected chi connectivity index (χ2v) is 7.11. The third kappa shape index (κ3) is 1.83. The molecule has 2 heterocycles. The maximum atomic E-state index is 10.4. The molecule has 6 atom stereocenters. The van der Waals surface area contributed by atoms with Gasteiger partial charge in [0.25, 0.3) is 0 Å². The van der Waals surface area contributed by atoms with Crippen LogP contribution in [0.25, 0.3) is 0 Å². The van der Waals surface area contributed by atoms with E-state index in [0.29, 0.717) is 17.9 Å². The molecular formula is C15H26O3. The first-order valence-electron chi connectivity index (χ1n) is 7.43. The highest BCUT2D eigenvalue weighted by atomic mass is 16.6. The molecule has 6 unspecified atom stereocenters. The monoisotopic (exact) mass is 254 g/mol. The number of epoxide rings is 2. The van der Waals surface area contributed by atoms with Gasteiger partial charge in [-0.2, -0.15) is 0 Å². The van der Waals surface area contributed by atoms with Crippen LogP contribution in [0.5, 0.6) is 0 Å². The van der Waals surface area contributed by atoms with E-state index >= 15 is 0 Å². The van der Waals surface area contributed by atoms with Crippen LogP contribution in [0.1, 0.15) is 53.4 Å². The van der Waals surface area contributed by atoms with Gasteiger partial charge in [-0.05, 0) is 44.4 Å². The highest BCUT2D eigenvalue weighted by molar-refractivity contribution is 5.12. The number of ether oxygens (including phenoxy) is 2. The Kier molecular flexibility index (Phi) is 2.82. The van der Waals surface area contributed by atoms with Crippen molar-refractivity contribution in [2.75, 3.05) is 0 Å². The Balaban J connectivity index is 1.79. The van der Waals surface area contributed by atoms with Gasteiger partial charge in [-0.15, -0.1) is 0 Å². The maximum Gasteiger partial charge on any atom is 0.114 e. The lowest BCUT2D eigenvalue weighted by Crippen LogP contribution is -2.35. The Morgan fingerprint density at radius 3 is 2.56 bits per heavy atom. The summed E-state index contributed by atoms with van der Waals surface area (Å²) in [7, 11) is 0. The Hall–Kier alpha value is -0.120. The highest BCUT2D eigenvalue weighted by Gasteiger charge is 2.64. The normalized spacial score (nSPS) is 55.7. The fourth-order valence-corrected chi connectivity index (χ4v) is 3.72. The summed E-state index contributed by atoms with van der Waals surface area (Å²) in [6.45, 7) is 8.78. The Labute approximate surface area is 110 Å². The van der Waals surface area contributed by atoms with Gasteiger partial charge in [-0.25, -0.2) is 0 Å². The summed E-state index contributed by atoms with van der Waals surface area (Å²) in [5.41, 5.74) is -0.00900. The van der Waals surface area contributed by atoms with Crippen molar-refractivity contribution in [3.8, 4) is 0 Å². The SMILES string of the molecule is CC1CCC2OC2(C)CCC2(C(C)C)OC2C1O. The van der Waals surface area contributed by atoms with Gasteiger partial charge in [-0.1, -0.05) is 20.8 Å². The van der Waals surface area contributed by atoms with E-state index in [0.717, 1.165) is 25.7 Å². The van der Waals surface area contributed by atoms with Crippen molar-refractivity contribution >= 4 is 0 Å². The fraction of sp³-hybridized carbons (Fsp3) is 1.00. The Bertz CT molecular complexity index is 343. The first-order chi connectivity index (χ1) is 8.39. The molecule has 1 N–H and O–H groups in total. The van der Waals surface area contributed by atoms with Gasteiger partial charge >= 0.3 is 0 Å². The van der Waals surface area contributed by atoms with Crippen molar-refractivity contribution in [2.45, 2.75) is 82.9 Å². The molecule has 1 saturated carbocycles. The molecule has 18 heavy (non-hydrogen) atoms. The molecule has 0 aromatic carbocycles. The largest absolute Gasteiger partial charge is 0.390 e. The average Bonchev–Trinajstić information content (AvgIpc) is 3.17. The van der Waals surface area contributed by atoms with Crippen LogP contribution >= 0.6 is 0 Å². The summed E-state index contributed by atoms with van der Waals surface area (Å²) in [5, 5.41) is 10.4. The zero-order valence-corrected chi connectivity index (χ0v) is 12.0. The number of hydrogen-bond donors (Lipinski definition) is 1. The molecule has 3 aliphatic rings. The predicted molar refractivity (Wildman–Crippen MR) is 69.4 cm³/mol. The van der Waals surface area contributed by atoms with E-state index in [-0.39, 0.29) is 23.4 Å².